The molecule has 0 spiro atoms. The van der Waals surface area contributed by atoms with Crippen LogP contribution in [0.1, 0.15) is 12.5 Å². The van der Waals surface area contributed by atoms with Crippen LogP contribution in [0.3, 0.4) is 0 Å². The zero-order valence-electron chi connectivity index (χ0n) is 9.94. The predicted molar refractivity (Wildman–Crippen MR) is 70.2 cm³/mol. The van der Waals surface area contributed by atoms with E-state index in [2.05, 4.69) is 14.9 Å². The minimum atomic E-state index is -4.02. The molecule has 1 aromatic carbocycles. The van der Waals surface area contributed by atoms with Crippen molar-refractivity contribution in [2.24, 2.45) is 0 Å². The van der Waals surface area contributed by atoms with Gasteiger partial charge in [0.25, 0.3) is 10.0 Å². The van der Waals surface area contributed by atoms with Gasteiger partial charge >= 0.3 is 0 Å². The van der Waals surface area contributed by atoms with E-state index in [4.69, 9.17) is 11.6 Å². The van der Waals surface area contributed by atoms with E-state index in [1.165, 1.54) is 12.3 Å². The number of anilines is 1. The molecule has 0 atom stereocenters. The Balaban J connectivity index is 2.38. The Kier molecular flexibility index (Phi) is 3.77. The number of hydrogen-bond donors (Lipinski definition) is 2. The van der Waals surface area contributed by atoms with Gasteiger partial charge in [-0.1, -0.05) is 18.5 Å². The molecule has 0 saturated heterocycles. The van der Waals surface area contributed by atoms with Crippen LogP contribution in [0, 0.1) is 5.82 Å². The van der Waals surface area contributed by atoms with Crippen molar-refractivity contribution in [1.82, 2.24) is 10.2 Å². The molecule has 1 aromatic heterocycles. The van der Waals surface area contributed by atoms with Gasteiger partial charge in [-0.2, -0.15) is 5.10 Å². The Bertz CT molecular complexity index is 700. The number of H-pyrrole nitrogens is 1. The highest BCUT2D eigenvalue weighted by atomic mass is 35.5. The van der Waals surface area contributed by atoms with Crippen LogP contribution < -0.4 is 4.72 Å². The van der Waals surface area contributed by atoms with Crippen molar-refractivity contribution < 1.29 is 12.8 Å². The smallest absolute Gasteiger partial charge is 0.263 e. The van der Waals surface area contributed by atoms with E-state index >= 15 is 0 Å². The monoisotopic (exact) mass is 303 g/mol. The van der Waals surface area contributed by atoms with Gasteiger partial charge in [0.1, 0.15) is 16.5 Å². The second-order valence-electron chi connectivity index (χ2n) is 3.80. The molecule has 0 amide bonds. The molecule has 2 N–H and O–H groups in total. The lowest BCUT2D eigenvalue weighted by atomic mass is 10.3. The third-order valence-electron chi connectivity index (χ3n) is 2.52. The van der Waals surface area contributed by atoms with E-state index in [1.54, 1.807) is 0 Å². The minimum absolute atomic E-state index is 0.132. The molecule has 0 unspecified atom stereocenters. The molecule has 1 heterocycles. The first kappa shape index (κ1) is 13.8. The average Bonchev–Trinajstić information content (AvgIpc) is 2.74. The van der Waals surface area contributed by atoms with Crippen molar-refractivity contribution in [3.8, 4) is 0 Å². The zero-order chi connectivity index (χ0) is 14.0. The highest BCUT2D eigenvalue weighted by Gasteiger charge is 2.21. The normalized spacial score (nSPS) is 11.5. The lowest BCUT2D eigenvalue weighted by molar-refractivity contribution is 0.570. The number of nitrogens with one attached hydrogen (secondary N) is 2. The Morgan fingerprint density at radius 1 is 1.47 bits per heavy atom. The number of sulfonamides is 1. The fourth-order valence-electron chi connectivity index (χ4n) is 1.55. The molecule has 0 saturated carbocycles. The van der Waals surface area contributed by atoms with Crippen LogP contribution in [-0.2, 0) is 16.4 Å². The van der Waals surface area contributed by atoms with Crippen molar-refractivity contribution in [1.29, 1.82) is 0 Å². The first-order valence-electron chi connectivity index (χ1n) is 5.44. The molecule has 0 radical (unpaired) electrons. The zero-order valence-corrected chi connectivity index (χ0v) is 11.5. The molecule has 8 heteroatoms. The summed E-state index contributed by atoms with van der Waals surface area (Å²) < 4.78 is 40.0. The summed E-state index contributed by atoms with van der Waals surface area (Å²) in [6.07, 6.45) is 2.10. The highest BCUT2D eigenvalue weighted by Crippen LogP contribution is 2.22. The number of aryl methyl sites for hydroxylation is 1. The molecule has 0 fully saturated rings. The Hall–Kier alpha value is -1.60. The average molecular weight is 304 g/mol. The van der Waals surface area contributed by atoms with Gasteiger partial charge in [0, 0.05) is 10.6 Å². The van der Waals surface area contributed by atoms with Gasteiger partial charge < -0.3 is 0 Å². The summed E-state index contributed by atoms with van der Waals surface area (Å²) in [6, 6.07) is 3.37. The standard InChI is InChI=1S/C11H11ClFN3O2S/c1-2-7-6-14-15-11(7)16-19(17,18)10-4-3-8(12)5-9(10)13/h3-6H,2H2,1H3,(H2,14,15,16). The van der Waals surface area contributed by atoms with Crippen LogP contribution >= 0.6 is 11.6 Å². The maximum Gasteiger partial charge on any atom is 0.265 e. The van der Waals surface area contributed by atoms with Crippen molar-refractivity contribution in [2.45, 2.75) is 18.2 Å². The SMILES string of the molecule is CCc1cn[nH]c1NS(=O)(=O)c1ccc(Cl)cc1F. The van der Waals surface area contributed by atoms with Gasteiger partial charge in [0.15, 0.2) is 0 Å². The summed E-state index contributed by atoms with van der Waals surface area (Å²) in [4.78, 5) is -0.464. The lowest BCUT2D eigenvalue weighted by Crippen LogP contribution is -2.15. The second-order valence-corrected chi connectivity index (χ2v) is 5.89. The summed E-state index contributed by atoms with van der Waals surface area (Å²) in [7, 11) is -4.02. The Morgan fingerprint density at radius 3 is 2.84 bits per heavy atom. The molecule has 5 nitrogen and oxygen atoms in total. The van der Waals surface area contributed by atoms with E-state index in [-0.39, 0.29) is 10.8 Å². The van der Waals surface area contributed by atoms with E-state index in [1.807, 2.05) is 6.92 Å². The van der Waals surface area contributed by atoms with E-state index in [0.717, 1.165) is 12.1 Å². The first-order chi connectivity index (χ1) is 8.94. The summed E-state index contributed by atoms with van der Waals surface area (Å²) in [5.74, 6) is -0.672. The number of rotatable bonds is 4. The molecule has 2 aromatic rings. The lowest BCUT2D eigenvalue weighted by Gasteiger charge is -2.08. The van der Waals surface area contributed by atoms with Gasteiger partial charge in [-0.05, 0) is 24.6 Å². The summed E-state index contributed by atoms with van der Waals surface area (Å²) in [5.41, 5.74) is 0.693. The van der Waals surface area contributed by atoms with Crippen LogP contribution in [0.2, 0.25) is 5.02 Å². The van der Waals surface area contributed by atoms with Gasteiger partial charge in [-0.3, -0.25) is 9.82 Å². The van der Waals surface area contributed by atoms with Crippen LogP contribution in [-0.4, -0.2) is 18.6 Å². The molecular formula is C11H11ClFN3O2S. The third kappa shape index (κ3) is 2.87. The number of aromatic nitrogens is 2. The Labute approximate surface area is 114 Å². The van der Waals surface area contributed by atoms with Gasteiger partial charge in [-0.25, -0.2) is 12.8 Å². The van der Waals surface area contributed by atoms with Crippen LogP contribution in [0.15, 0.2) is 29.3 Å². The molecule has 19 heavy (non-hydrogen) atoms. The number of hydrogen-bond acceptors (Lipinski definition) is 3. The largest absolute Gasteiger partial charge is 0.265 e. The molecule has 2 rings (SSSR count). The first-order valence-corrected chi connectivity index (χ1v) is 7.30. The molecular weight excluding hydrogens is 293 g/mol. The molecule has 0 aliphatic carbocycles. The van der Waals surface area contributed by atoms with Crippen molar-refractivity contribution in [3.05, 3.63) is 40.8 Å². The predicted octanol–water partition coefficient (Wildman–Crippen LogP) is 2.57. The van der Waals surface area contributed by atoms with Crippen LogP contribution in [0.4, 0.5) is 10.2 Å². The minimum Gasteiger partial charge on any atom is -0.263 e. The van der Waals surface area contributed by atoms with Crippen molar-refractivity contribution in [2.75, 3.05) is 4.72 Å². The fraction of sp³-hybridized carbons (Fsp3) is 0.182. The number of nitrogens with zero attached hydrogens (tertiary/aromatic N) is 1. The number of aromatic amines is 1. The fourth-order valence-corrected chi connectivity index (χ4v) is 2.83. The summed E-state index contributed by atoms with van der Waals surface area (Å²) in [5, 5.41) is 6.40. The van der Waals surface area contributed by atoms with Gasteiger partial charge in [-0.15, -0.1) is 0 Å². The Morgan fingerprint density at radius 2 is 2.21 bits per heavy atom. The van der Waals surface area contributed by atoms with Crippen molar-refractivity contribution >= 4 is 27.4 Å². The van der Waals surface area contributed by atoms with E-state index in [9.17, 15) is 12.8 Å². The molecule has 0 aliphatic heterocycles. The highest BCUT2D eigenvalue weighted by molar-refractivity contribution is 7.92. The van der Waals surface area contributed by atoms with Gasteiger partial charge in [0.05, 0.1) is 6.20 Å². The van der Waals surface area contributed by atoms with Crippen LogP contribution in [0.5, 0.6) is 0 Å². The topological polar surface area (TPSA) is 74.8 Å². The maximum absolute atomic E-state index is 13.6. The molecule has 102 valence electrons. The van der Waals surface area contributed by atoms with Crippen molar-refractivity contribution in [3.63, 3.8) is 0 Å². The van der Waals surface area contributed by atoms with Crippen LogP contribution in [0.25, 0.3) is 0 Å². The quantitative estimate of drug-likeness (QED) is 0.911. The molecule has 0 bridgehead atoms. The number of halogens is 2. The number of benzene rings is 1. The summed E-state index contributed by atoms with van der Waals surface area (Å²) in [6.45, 7) is 1.85. The second kappa shape index (κ2) is 5.18. The van der Waals surface area contributed by atoms with E-state index in [0.29, 0.717) is 12.0 Å². The maximum atomic E-state index is 13.6. The molecule has 0 aliphatic rings. The summed E-state index contributed by atoms with van der Waals surface area (Å²) >= 11 is 5.59. The van der Waals surface area contributed by atoms with Gasteiger partial charge in [0.2, 0.25) is 0 Å². The third-order valence-corrected chi connectivity index (χ3v) is 4.14. The van der Waals surface area contributed by atoms with E-state index < -0.39 is 20.7 Å².